The second-order valence-electron chi connectivity index (χ2n) is 4.12. The number of rotatable bonds is 1. The van der Waals surface area contributed by atoms with Crippen LogP contribution in [0.2, 0.25) is 0 Å². The first-order valence-electron chi connectivity index (χ1n) is 6.08. The molecule has 0 aliphatic rings. The van der Waals surface area contributed by atoms with E-state index in [1.165, 1.54) is 0 Å². The van der Waals surface area contributed by atoms with Gasteiger partial charge in [-0.25, -0.2) is 0 Å². The van der Waals surface area contributed by atoms with Crippen molar-refractivity contribution in [2.24, 2.45) is 0 Å². The number of pyridine rings is 2. The fourth-order valence-corrected chi connectivity index (χ4v) is 1.51. The first kappa shape index (κ1) is 14.1. The summed E-state index contributed by atoms with van der Waals surface area (Å²) in [5, 5.41) is 0. The second kappa shape index (κ2) is 7.38. The maximum atomic E-state index is 4.28. The Morgan fingerprint density at radius 2 is 1.28 bits per heavy atom. The molecule has 0 aromatic carbocycles. The maximum Gasteiger partial charge on any atom is 0.0629 e. The van der Waals surface area contributed by atoms with Crippen molar-refractivity contribution in [1.29, 1.82) is 0 Å². The first-order chi connectivity index (χ1) is 8.61. The van der Waals surface area contributed by atoms with E-state index in [4.69, 9.17) is 0 Å². The highest BCUT2D eigenvalue weighted by Gasteiger charge is 1.85. The summed E-state index contributed by atoms with van der Waals surface area (Å²) in [4.78, 5) is 8.45. The smallest absolute Gasteiger partial charge is 0.0629 e. The monoisotopic (exact) mass is 240 g/mol. The molecule has 2 nitrogen and oxygen atoms in total. The normalized spacial score (nSPS) is 10.0. The molecule has 0 N–H and O–H groups in total. The van der Waals surface area contributed by atoms with Gasteiger partial charge in [0.2, 0.25) is 0 Å². The molecule has 0 unspecified atom stereocenters. The predicted molar refractivity (Wildman–Crippen MR) is 77.4 cm³/mol. The summed E-state index contributed by atoms with van der Waals surface area (Å²) in [6.45, 7) is 7.97. The van der Waals surface area contributed by atoms with Crippen molar-refractivity contribution in [2.75, 3.05) is 0 Å². The molecule has 0 amide bonds. The van der Waals surface area contributed by atoms with E-state index < -0.39 is 0 Å². The summed E-state index contributed by atoms with van der Waals surface area (Å²) < 4.78 is 0. The van der Waals surface area contributed by atoms with E-state index in [0.29, 0.717) is 0 Å². The summed E-state index contributed by atoms with van der Waals surface area (Å²) in [5.74, 6) is 0. The van der Waals surface area contributed by atoms with E-state index in [2.05, 4.69) is 9.97 Å². The van der Waals surface area contributed by atoms with Gasteiger partial charge in [0.15, 0.2) is 0 Å². The van der Waals surface area contributed by atoms with Gasteiger partial charge in [-0.1, -0.05) is 18.2 Å². The fraction of sp³-hybridized carbons (Fsp3) is 0.250. The highest BCUT2D eigenvalue weighted by atomic mass is 14.7. The van der Waals surface area contributed by atoms with Crippen LogP contribution in [0.5, 0.6) is 0 Å². The van der Waals surface area contributed by atoms with Gasteiger partial charge in [-0.05, 0) is 58.0 Å². The molecule has 0 saturated heterocycles. The highest BCUT2D eigenvalue weighted by molar-refractivity contribution is 5.43. The lowest BCUT2D eigenvalue weighted by Gasteiger charge is -1.92. The van der Waals surface area contributed by atoms with Gasteiger partial charge in [-0.2, -0.15) is 0 Å². The van der Waals surface area contributed by atoms with Crippen LogP contribution >= 0.6 is 0 Å². The minimum Gasteiger partial charge on any atom is -0.258 e. The van der Waals surface area contributed by atoms with Gasteiger partial charge in [0.1, 0.15) is 0 Å². The van der Waals surface area contributed by atoms with Crippen LogP contribution in [-0.4, -0.2) is 9.97 Å². The molecule has 0 aliphatic carbocycles. The minimum absolute atomic E-state index is 1.03. The average Bonchev–Trinajstić information content (AvgIpc) is 2.30. The molecule has 0 aliphatic heterocycles. The van der Waals surface area contributed by atoms with E-state index in [0.717, 1.165) is 22.8 Å². The molecule has 18 heavy (non-hydrogen) atoms. The Labute approximate surface area is 109 Å². The van der Waals surface area contributed by atoms with Crippen LogP contribution in [0.25, 0.3) is 6.08 Å². The first-order valence-corrected chi connectivity index (χ1v) is 6.08. The Bertz CT molecular complexity index is 499. The number of allylic oxidation sites excluding steroid dienone is 1. The molecule has 2 aromatic rings. The van der Waals surface area contributed by atoms with Crippen molar-refractivity contribution in [1.82, 2.24) is 9.97 Å². The zero-order valence-corrected chi connectivity index (χ0v) is 11.5. The zero-order chi connectivity index (χ0) is 13.4. The van der Waals surface area contributed by atoms with Crippen molar-refractivity contribution in [3.63, 3.8) is 0 Å². The number of aromatic nitrogens is 2. The van der Waals surface area contributed by atoms with Crippen LogP contribution < -0.4 is 0 Å². The van der Waals surface area contributed by atoms with Crippen LogP contribution in [0.1, 0.15) is 29.7 Å². The molecule has 0 spiro atoms. The molecule has 0 atom stereocenters. The Hall–Kier alpha value is -1.96. The third-order valence-corrected chi connectivity index (χ3v) is 2.27. The Kier molecular flexibility index (Phi) is 5.78. The molecule has 0 bridgehead atoms. The van der Waals surface area contributed by atoms with E-state index in [9.17, 15) is 0 Å². The molecule has 0 fully saturated rings. The summed E-state index contributed by atoms with van der Waals surface area (Å²) in [6.07, 6.45) is 3.98. The van der Waals surface area contributed by atoms with Crippen molar-refractivity contribution in [2.45, 2.75) is 27.7 Å². The molecular weight excluding hydrogens is 220 g/mol. The van der Waals surface area contributed by atoms with Crippen molar-refractivity contribution in [3.8, 4) is 0 Å². The van der Waals surface area contributed by atoms with Crippen LogP contribution in [0.15, 0.2) is 42.5 Å². The van der Waals surface area contributed by atoms with Crippen LogP contribution in [0.4, 0.5) is 0 Å². The molecular formula is C16H20N2. The molecule has 0 radical (unpaired) electrons. The summed E-state index contributed by atoms with van der Waals surface area (Å²) in [7, 11) is 0. The van der Waals surface area contributed by atoms with Gasteiger partial charge in [-0.15, -0.1) is 0 Å². The lowest BCUT2D eigenvalue weighted by atomic mass is 10.3. The molecule has 94 valence electrons. The van der Waals surface area contributed by atoms with Crippen LogP contribution in [-0.2, 0) is 0 Å². The Morgan fingerprint density at radius 1 is 0.778 bits per heavy atom. The largest absolute Gasteiger partial charge is 0.258 e. The quantitative estimate of drug-likeness (QED) is 0.749. The number of aryl methyl sites for hydroxylation is 3. The van der Waals surface area contributed by atoms with Crippen LogP contribution in [0.3, 0.4) is 0 Å². The third kappa shape index (κ3) is 5.39. The SMILES string of the molecule is CC=Cc1cccc(C)n1.Cc1cccc(C)n1. The maximum absolute atomic E-state index is 4.28. The topological polar surface area (TPSA) is 25.8 Å². The third-order valence-electron chi connectivity index (χ3n) is 2.27. The van der Waals surface area contributed by atoms with Gasteiger partial charge in [0, 0.05) is 17.1 Å². The summed E-state index contributed by atoms with van der Waals surface area (Å²) in [6, 6.07) is 12.0. The average molecular weight is 240 g/mol. The highest BCUT2D eigenvalue weighted by Crippen LogP contribution is 1.99. The van der Waals surface area contributed by atoms with Crippen LogP contribution in [0, 0.1) is 20.8 Å². The number of hydrogen-bond donors (Lipinski definition) is 0. The van der Waals surface area contributed by atoms with Gasteiger partial charge in [0.25, 0.3) is 0 Å². The molecule has 0 saturated carbocycles. The summed E-state index contributed by atoms with van der Waals surface area (Å²) >= 11 is 0. The molecule has 2 heteroatoms. The van der Waals surface area contributed by atoms with Gasteiger partial charge in [-0.3, -0.25) is 9.97 Å². The van der Waals surface area contributed by atoms with Crippen molar-refractivity contribution in [3.05, 3.63) is 65.2 Å². The number of hydrogen-bond acceptors (Lipinski definition) is 2. The lowest BCUT2D eigenvalue weighted by molar-refractivity contribution is 1.12. The zero-order valence-electron chi connectivity index (χ0n) is 11.5. The standard InChI is InChI=1S/C9H11N.C7H9N/c1-3-5-9-7-4-6-8(2)10-9;1-6-4-3-5-7(2)8-6/h3-7H,1-2H3;3-5H,1-2H3. The van der Waals surface area contributed by atoms with E-state index in [1.807, 2.05) is 76.2 Å². The van der Waals surface area contributed by atoms with Crippen molar-refractivity contribution >= 4 is 6.08 Å². The van der Waals surface area contributed by atoms with Gasteiger partial charge < -0.3 is 0 Å². The van der Waals surface area contributed by atoms with E-state index in [-0.39, 0.29) is 0 Å². The number of nitrogens with zero attached hydrogens (tertiary/aromatic N) is 2. The minimum atomic E-state index is 1.03. The van der Waals surface area contributed by atoms with Crippen molar-refractivity contribution < 1.29 is 0 Å². The lowest BCUT2D eigenvalue weighted by Crippen LogP contribution is -1.82. The van der Waals surface area contributed by atoms with E-state index >= 15 is 0 Å². The van der Waals surface area contributed by atoms with E-state index in [1.54, 1.807) is 0 Å². The Balaban J connectivity index is 0.000000184. The summed E-state index contributed by atoms with van der Waals surface area (Å²) in [5.41, 5.74) is 4.27. The van der Waals surface area contributed by atoms with Gasteiger partial charge >= 0.3 is 0 Å². The molecule has 2 rings (SSSR count). The molecule has 2 heterocycles. The predicted octanol–water partition coefficient (Wildman–Crippen LogP) is 4.12. The fourth-order valence-electron chi connectivity index (χ4n) is 1.51. The molecule has 2 aromatic heterocycles. The Morgan fingerprint density at radius 3 is 1.67 bits per heavy atom. The second-order valence-corrected chi connectivity index (χ2v) is 4.12. The van der Waals surface area contributed by atoms with Gasteiger partial charge in [0.05, 0.1) is 5.69 Å².